The highest BCUT2D eigenvalue weighted by Crippen LogP contribution is 2.25. The van der Waals surface area contributed by atoms with E-state index in [4.69, 9.17) is 16.9 Å². The Bertz CT molecular complexity index is 436. The molecule has 1 aliphatic rings. The molecule has 0 bridgehead atoms. The van der Waals surface area contributed by atoms with Crippen molar-refractivity contribution in [3.8, 4) is 6.07 Å². The first-order chi connectivity index (χ1) is 8.20. The monoisotopic (exact) mass is 248 g/mol. The molecule has 0 heterocycles. The maximum atomic E-state index is 9.00. The lowest BCUT2D eigenvalue weighted by Crippen LogP contribution is -2.31. The van der Waals surface area contributed by atoms with E-state index in [1.54, 1.807) is 0 Å². The van der Waals surface area contributed by atoms with Gasteiger partial charge in [0, 0.05) is 17.6 Å². The Morgan fingerprint density at radius 1 is 1.47 bits per heavy atom. The van der Waals surface area contributed by atoms with Gasteiger partial charge >= 0.3 is 0 Å². The van der Waals surface area contributed by atoms with E-state index < -0.39 is 0 Å². The molecule has 1 aromatic carbocycles. The van der Waals surface area contributed by atoms with Gasteiger partial charge in [-0.25, -0.2) is 0 Å². The van der Waals surface area contributed by atoms with Gasteiger partial charge in [0.1, 0.15) is 0 Å². The number of aryl methyl sites for hydroxylation is 1. The van der Waals surface area contributed by atoms with E-state index in [0.29, 0.717) is 6.04 Å². The van der Waals surface area contributed by atoms with E-state index in [9.17, 15) is 0 Å². The molecule has 1 aromatic rings. The van der Waals surface area contributed by atoms with Crippen LogP contribution in [0.5, 0.6) is 0 Å². The fourth-order valence-electron chi connectivity index (χ4n) is 2.35. The zero-order valence-corrected chi connectivity index (χ0v) is 10.8. The summed E-state index contributed by atoms with van der Waals surface area (Å²) in [5, 5.41) is 13.3. The van der Waals surface area contributed by atoms with Crippen molar-refractivity contribution in [1.82, 2.24) is 5.32 Å². The number of nitrogens with one attached hydrogen (secondary N) is 1. The number of benzene rings is 1. The molecule has 0 spiro atoms. The van der Waals surface area contributed by atoms with Crippen LogP contribution in [0.2, 0.25) is 5.02 Å². The van der Waals surface area contributed by atoms with E-state index in [1.165, 1.54) is 5.56 Å². The van der Waals surface area contributed by atoms with Crippen LogP contribution in [0.1, 0.15) is 30.4 Å². The lowest BCUT2D eigenvalue weighted by Gasteiger charge is -2.15. The van der Waals surface area contributed by atoms with Crippen LogP contribution in [-0.2, 0) is 6.54 Å². The highest BCUT2D eigenvalue weighted by atomic mass is 35.5. The minimum Gasteiger partial charge on any atom is -0.309 e. The van der Waals surface area contributed by atoms with Gasteiger partial charge in [0.25, 0.3) is 0 Å². The van der Waals surface area contributed by atoms with Crippen molar-refractivity contribution in [3.05, 3.63) is 34.3 Å². The number of nitriles is 1. The van der Waals surface area contributed by atoms with Crippen LogP contribution in [-0.4, -0.2) is 6.04 Å². The van der Waals surface area contributed by atoms with Crippen molar-refractivity contribution >= 4 is 11.6 Å². The molecule has 3 heteroatoms. The summed E-state index contributed by atoms with van der Waals surface area (Å²) in [7, 11) is 0. The van der Waals surface area contributed by atoms with E-state index in [-0.39, 0.29) is 5.92 Å². The molecule has 2 unspecified atom stereocenters. The van der Waals surface area contributed by atoms with Crippen LogP contribution >= 0.6 is 11.6 Å². The third kappa shape index (κ3) is 3.00. The molecule has 0 aromatic heterocycles. The summed E-state index contributed by atoms with van der Waals surface area (Å²) in [5.74, 6) is 0.177. The quantitative estimate of drug-likeness (QED) is 0.890. The third-order valence-electron chi connectivity index (χ3n) is 3.49. The van der Waals surface area contributed by atoms with E-state index >= 15 is 0 Å². The average molecular weight is 249 g/mol. The normalized spacial score (nSPS) is 23.6. The zero-order chi connectivity index (χ0) is 12.3. The minimum atomic E-state index is 0.177. The van der Waals surface area contributed by atoms with Gasteiger partial charge < -0.3 is 5.32 Å². The van der Waals surface area contributed by atoms with Crippen molar-refractivity contribution in [2.24, 2.45) is 5.92 Å². The van der Waals surface area contributed by atoms with Crippen LogP contribution in [0, 0.1) is 24.2 Å². The summed E-state index contributed by atoms with van der Waals surface area (Å²) < 4.78 is 0. The lowest BCUT2D eigenvalue weighted by molar-refractivity contribution is 0.464. The van der Waals surface area contributed by atoms with Crippen LogP contribution < -0.4 is 5.32 Å². The predicted octanol–water partition coefficient (Wildman–Crippen LogP) is 3.43. The molecule has 2 nitrogen and oxygen atoms in total. The van der Waals surface area contributed by atoms with Crippen molar-refractivity contribution in [2.45, 2.75) is 38.8 Å². The molecule has 2 rings (SSSR count). The van der Waals surface area contributed by atoms with E-state index in [2.05, 4.69) is 17.5 Å². The maximum absolute atomic E-state index is 9.00. The van der Waals surface area contributed by atoms with Gasteiger partial charge in [-0.2, -0.15) is 5.26 Å². The van der Waals surface area contributed by atoms with Gasteiger partial charge in [-0.05, 0) is 37.0 Å². The fourth-order valence-corrected chi connectivity index (χ4v) is 2.56. The summed E-state index contributed by atoms with van der Waals surface area (Å²) >= 11 is 6.09. The van der Waals surface area contributed by atoms with Gasteiger partial charge in [0.05, 0.1) is 12.0 Å². The van der Waals surface area contributed by atoms with Gasteiger partial charge in [-0.1, -0.05) is 30.2 Å². The number of halogens is 1. The van der Waals surface area contributed by atoms with Gasteiger partial charge in [0.15, 0.2) is 0 Å². The number of nitrogens with zero attached hydrogens (tertiary/aromatic N) is 1. The molecule has 1 saturated carbocycles. The molecule has 2 atom stereocenters. The highest BCUT2D eigenvalue weighted by molar-refractivity contribution is 6.31. The first-order valence-electron chi connectivity index (χ1n) is 6.08. The first kappa shape index (κ1) is 12.4. The molecule has 90 valence electrons. The third-order valence-corrected chi connectivity index (χ3v) is 3.89. The average Bonchev–Trinajstić information content (AvgIpc) is 2.78. The largest absolute Gasteiger partial charge is 0.309 e. The smallest absolute Gasteiger partial charge is 0.0672 e. The van der Waals surface area contributed by atoms with Crippen molar-refractivity contribution in [3.63, 3.8) is 0 Å². The molecule has 1 N–H and O–H groups in total. The molecular weight excluding hydrogens is 232 g/mol. The van der Waals surface area contributed by atoms with E-state index in [1.807, 2.05) is 19.1 Å². The molecule has 1 fully saturated rings. The first-order valence-corrected chi connectivity index (χ1v) is 6.46. The summed E-state index contributed by atoms with van der Waals surface area (Å²) in [4.78, 5) is 0. The van der Waals surface area contributed by atoms with Crippen molar-refractivity contribution in [2.75, 3.05) is 0 Å². The summed E-state index contributed by atoms with van der Waals surface area (Å²) in [5.41, 5.74) is 2.29. The highest BCUT2D eigenvalue weighted by Gasteiger charge is 2.26. The summed E-state index contributed by atoms with van der Waals surface area (Å²) in [6, 6.07) is 8.86. The fraction of sp³-hybridized carbons (Fsp3) is 0.500. The Labute approximate surface area is 108 Å². The van der Waals surface area contributed by atoms with Crippen LogP contribution in [0.15, 0.2) is 18.2 Å². The second-order valence-corrected chi connectivity index (χ2v) is 5.14. The SMILES string of the molecule is Cc1ccc(CNC2CCCC2C#N)cc1Cl. The van der Waals surface area contributed by atoms with E-state index in [0.717, 1.165) is 36.4 Å². The Balaban J connectivity index is 1.93. The Morgan fingerprint density at radius 2 is 2.29 bits per heavy atom. The molecular formula is C14H17ClN2. The second-order valence-electron chi connectivity index (χ2n) is 4.74. The second kappa shape index (κ2) is 5.53. The summed E-state index contributed by atoms with van der Waals surface area (Å²) in [6.45, 7) is 2.80. The summed E-state index contributed by atoms with van der Waals surface area (Å²) in [6.07, 6.45) is 3.30. The predicted molar refractivity (Wildman–Crippen MR) is 69.8 cm³/mol. The molecule has 0 saturated heterocycles. The zero-order valence-electron chi connectivity index (χ0n) is 10.0. The molecule has 17 heavy (non-hydrogen) atoms. The topological polar surface area (TPSA) is 35.8 Å². The van der Waals surface area contributed by atoms with Gasteiger partial charge in [-0.3, -0.25) is 0 Å². The number of hydrogen-bond acceptors (Lipinski definition) is 2. The molecule has 0 aliphatic heterocycles. The Hall–Kier alpha value is -1.04. The van der Waals surface area contributed by atoms with Crippen molar-refractivity contribution in [1.29, 1.82) is 5.26 Å². The molecule has 1 aliphatic carbocycles. The molecule has 0 radical (unpaired) electrons. The Morgan fingerprint density at radius 3 is 3.00 bits per heavy atom. The lowest BCUT2D eigenvalue weighted by atomic mass is 10.1. The minimum absolute atomic E-state index is 0.177. The van der Waals surface area contributed by atoms with Gasteiger partial charge in [0.2, 0.25) is 0 Å². The van der Waals surface area contributed by atoms with Gasteiger partial charge in [-0.15, -0.1) is 0 Å². The van der Waals surface area contributed by atoms with Crippen molar-refractivity contribution < 1.29 is 0 Å². The van der Waals surface area contributed by atoms with Crippen LogP contribution in [0.25, 0.3) is 0 Å². The Kier molecular flexibility index (Phi) is 4.04. The molecule has 0 amide bonds. The standard InChI is InChI=1S/C14H17ClN2/c1-10-5-6-11(7-13(10)15)9-17-14-4-2-3-12(14)8-16/h5-7,12,14,17H,2-4,9H2,1H3. The van der Waals surface area contributed by atoms with Crippen LogP contribution in [0.4, 0.5) is 0 Å². The number of rotatable bonds is 3. The van der Waals surface area contributed by atoms with Crippen LogP contribution in [0.3, 0.4) is 0 Å². The maximum Gasteiger partial charge on any atom is 0.0672 e. The number of hydrogen-bond donors (Lipinski definition) is 1.